The van der Waals surface area contributed by atoms with E-state index in [0.29, 0.717) is 12.8 Å². The molecule has 0 spiro atoms. The topological polar surface area (TPSA) is 46.5 Å². The van der Waals surface area contributed by atoms with E-state index in [1.807, 2.05) is 0 Å². The summed E-state index contributed by atoms with van der Waals surface area (Å²) in [5, 5.41) is 0. The first-order chi connectivity index (χ1) is 4.12. The summed E-state index contributed by atoms with van der Waals surface area (Å²) in [6.45, 7) is 3.54. The Kier molecular flexibility index (Phi) is 4.11. The average Bonchev–Trinajstić information content (AvgIpc) is 1.84. The molecule has 0 bridgehead atoms. The number of rotatable bonds is 4. The SMILES string of the molecule is [CH2]CCCP(=O)(O)OC. The molecular formula is C5H12O3P. The van der Waals surface area contributed by atoms with Gasteiger partial charge in [-0.05, 0) is 6.42 Å². The lowest BCUT2D eigenvalue weighted by molar-refractivity contribution is 0.315. The van der Waals surface area contributed by atoms with Crippen LogP contribution < -0.4 is 0 Å². The molecule has 0 aliphatic rings. The molecule has 0 heterocycles. The Labute approximate surface area is 55.6 Å². The van der Waals surface area contributed by atoms with Crippen molar-refractivity contribution in [2.24, 2.45) is 0 Å². The first kappa shape index (κ1) is 9.15. The predicted molar refractivity (Wildman–Crippen MR) is 36.3 cm³/mol. The van der Waals surface area contributed by atoms with Gasteiger partial charge >= 0.3 is 7.60 Å². The van der Waals surface area contributed by atoms with Crippen molar-refractivity contribution < 1.29 is 14.0 Å². The molecule has 0 rings (SSSR count). The lowest BCUT2D eigenvalue weighted by atomic mass is 10.4. The summed E-state index contributed by atoms with van der Waals surface area (Å²) < 4.78 is 15.0. The molecule has 55 valence electrons. The van der Waals surface area contributed by atoms with Gasteiger partial charge in [0.15, 0.2) is 0 Å². The van der Waals surface area contributed by atoms with Gasteiger partial charge in [0.25, 0.3) is 0 Å². The Morgan fingerprint density at radius 2 is 2.33 bits per heavy atom. The minimum Gasteiger partial charge on any atom is -0.324 e. The Hall–Kier alpha value is 0.150. The Bertz CT molecular complexity index is 113. The van der Waals surface area contributed by atoms with E-state index in [9.17, 15) is 4.57 Å². The second-order valence-corrected chi connectivity index (χ2v) is 3.84. The quantitative estimate of drug-likeness (QED) is 0.618. The van der Waals surface area contributed by atoms with Crippen molar-refractivity contribution in [2.75, 3.05) is 13.3 Å². The molecule has 0 aromatic heterocycles. The molecule has 1 radical (unpaired) electrons. The molecule has 4 heteroatoms. The molecule has 0 aromatic carbocycles. The molecule has 3 nitrogen and oxygen atoms in total. The van der Waals surface area contributed by atoms with Gasteiger partial charge in [0.1, 0.15) is 0 Å². The zero-order valence-corrected chi connectivity index (χ0v) is 6.43. The van der Waals surface area contributed by atoms with Gasteiger partial charge in [0.05, 0.1) is 0 Å². The van der Waals surface area contributed by atoms with Crippen LogP contribution in [0.3, 0.4) is 0 Å². The number of hydrogen-bond donors (Lipinski definition) is 1. The van der Waals surface area contributed by atoms with Gasteiger partial charge in [0, 0.05) is 13.3 Å². The third-order valence-corrected chi connectivity index (χ3v) is 2.43. The third-order valence-electron chi connectivity index (χ3n) is 0.976. The molecule has 0 aliphatic carbocycles. The molecule has 0 saturated heterocycles. The van der Waals surface area contributed by atoms with Gasteiger partial charge in [-0.3, -0.25) is 4.57 Å². The zero-order chi connectivity index (χ0) is 7.33. The van der Waals surface area contributed by atoms with Crippen LogP contribution in [0.4, 0.5) is 0 Å². The maximum atomic E-state index is 10.6. The second kappa shape index (κ2) is 4.04. The normalized spacial score (nSPS) is 17.2. The third kappa shape index (κ3) is 4.64. The highest BCUT2D eigenvalue weighted by atomic mass is 31.2. The fourth-order valence-electron chi connectivity index (χ4n) is 0.403. The van der Waals surface area contributed by atoms with Crippen LogP contribution in [0.2, 0.25) is 0 Å². The highest BCUT2D eigenvalue weighted by Gasteiger charge is 2.14. The lowest BCUT2D eigenvalue weighted by Gasteiger charge is -2.05. The van der Waals surface area contributed by atoms with Gasteiger partial charge in [-0.1, -0.05) is 13.3 Å². The molecule has 0 aromatic rings. The fraction of sp³-hybridized carbons (Fsp3) is 0.800. The van der Waals surface area contributed by atoms with Crippen LogP contribution in [0.15, 0.2) is 0 Å². The van der Waals surface area contributed by atoms with Crippen molar-refractivity contribution in [3.63, 3.8) is 0 Å². The first-order valence-corrected chi connectivity index (χ1v) is 4.55. The summed E-state index contributed by atoms with van der Waals surface area (Å²) >= 11 is 0. The van der Waals surface area contributed by atoms with Crippen LogP contribution in [0.25, 0.3) is 0 Å². The molecule has 0 saturated carbocycles. The predicted octanol–water partition coefficient (Wildman–Crippen LogP) is 1.43. The summed E-state index contributed by atoms with van der Waals surface area (Å²) in [6.07, 6.45) is 1.53. The van der Waals surface area contributed by atoms with Gasteiger partial charge in [-0.2, -0.15) is 0 Å². The first-order valence-electron chi connectivity index (χ1n) is 2.79. The van der Waals surface area contributed by atoms with Crippen LogP contribution in [-0.4, -0.2) is 18.2 Å². The molecule has 9 heavy (non-hydrogen) atoms. The highest BCUT2D eigenvalue weighted by Crippen LogP contribution is 2.41. The van der Waals surface area contributed by atoms with Crippen molar-refractivity contribution in [1.82, 2.24) is 0 Å². The molecule has 0 fully saturated rings. The van der Waals surface area contributed by atoms with Crippen LogP contribution in [0.5, 0.6) is 0 Å². The van der Waals surface area contributed by atoms with Crippen molar-refractivity contribution in [2.45, 2.75) is 12.8 Å². The second-order valence-electron chi connectivity index (χ2n) is 1.75. The molecular weight excluding hydrogens is 139 g/mol. The number of unbranched alkanes of at least 4 members (excludes halogenated alkanes) is 1. The molecule has 0 amide bonds. The van der Waals surface area contributed by atoms with Crippen LogP contribution >= 0.6 is 7.60 Å². The Morgan fingerprint density at radius 1 is 1.78 bits per heavy atom. The van der Waals surface area contributed by atoms with E-state index < -0.39 is 7.60 Å². The van der Waals surface area contributed by atoms with Crippen molar-refractivity contribution in [3.05, 3.63) is 6.92 Å². The fourth-order valence-corrected chi connectivity index (χ4v) is 1.21. The average molecular weight is 151 g/mol. The minimum absolute atomic E-state index is 0.215. The maximum Gasteiger partial charge on any atom is 0.327 e. The summed E-state index contributed by atoms with van der Waals surface area (Å²) in [5.74, 6) is 0. The van der Waals surface area contributed by atoms with E-state index in [0.717, 1.165) is 0 Å². The highest BCUT2D eigenvalue weighted by molar-refractivity contribution is 7.52. The van der Waals surface area contributed by atoms with Crippen molar-refractivity contribution in [3.8, 4) is 0 Å². The summed E-state index contributed by atoms with van der Waals surface area (Å²) in [5.41, 5.74) is 0. The molecule has 1 N–H and O–H groups in total. The van der Waals surface area contributed by atoms with E-state index in [-0.39, 0.29) is 6.16 Å². The van der Waals surface area contributed by atoms with E-state index in [4.69, 9.17) is 4.89 Å². The summed E-state index contributed by atoms with van der Waals surface area (Å²) in [6, 6.07) is 0. The maximum absolute atomic E-state index is 10.6. The minimum atomic E-state index is -3.23. The van der Waals surface area contributed by atoms with E-state index in [2.05, 4.69) is 11.4 Å². The largest absolute Gasteiger partial charge is 0.327 e. The molecule has 0 aliphatic heterocycles. The van der Waals surface area contributed by atoms with Crippen molar-refractivity contribution >= 4 is 7.60 Å². The Morgan fingerprint density at radius 3 is 2.67 bits per heavy atom. The van der Waals surface area contributed by atoms with E-state index in [1.54, 1.807) is 0 Å². The standard InChI is InChI=1S/C5H12O3P/c1-3-4-5-9(6,7)8-2/h1,3-5H2,2H3,(H,6,7). The van der Waals surface area contributed by atoms with E-state index in [1.165, 1.54) is 7.11 Å². The zero-order valence-electron chi connectivity index (χ0n) is 5.54. The Balaban J connectivity index is 3.46. The summed E-state index contributed by atoms with van der Waals surface area (Å²) in [7, 11) is -1.99. The van der Waals surface area contributed by atoms with Gasteiger partial charge in [-0.15, -0.1) is 0 Å². The molecule has 1 unspecified atom stereocenters. The lowest BCUT2D eigenvalue weighted by Crippen LogP contribution is -1.89. The summed E-state index contributed by atoms with van der Waals surface area (Å²) in [4.78, 5) is 8.76. The van der Waals surface area contributed by atoms with Crippen LogP contribution in [-0.2, 0) is 9.09 Å². The van der Waals surface area contributed by atoms with Gasteiger partial charge in [-0.25, -0.2) is 0 Å². The van der Waals surface area contributed by atoms with Crippen molar-refractivity contribution in [1.29, 1.82) is 0 Å². The number of hydrogen-bond acceptors (Lipinski definition) is 2. The molecule has 1 atom stereocenters. The van der Waals surface area contributed by atoms with Crippen LogP contribution in [0.1, 0.15) is 12.8 Å². The smallest absolute Gasteiger partial charge is 0.324 e. The van der Waals surface area contributed by atoms with Crippen LogP contribution in [0, 0.1) is 6.92 Å². The van der Waals surface area contributed by atoms with Gasteiger partial charge < -0.3 is 9.42 Å². The van der Waals surface area contributed by atoms with E-state index >= 15 is 0 Å². The monoisotopic (exact) mass is 151 g/mol. The van der Waals surface area contributed by atoms with Gasteiger partial charge in [0.2, 0.25) is 0 Å².